The van der Waals surface area contributed by atoms with Crippen molar-refractivity contribution in [2.45, 2.75) is 45.8 Å². The smallest absolute Gasteiger partial charge is 0.172 e. The van der Waals surface area contributed by atoms with Crippen LogP contribution >= 0.6 is 15.9 Å². The zero-order valence-electron chi connectivity index (χ0n) is 12.4. The lowest BCUT2D eigenvalue weighted by atomic mass is 9.86. The zero-order valence-corrected chi connectivity index (χ0v) is 14.0. The molecule has 20 heavy (non-hydrogen) atoms. The van der Waals surface area contributed by atoms with Gasteiger partial charge in [-0.25, -0.2) is 0 Å². The van der Waals surface area contributed by atoms with Crippen molar-refractivity contribution in [3.8, 4) is 0 Å². The van der Waals surface area contributed by atoms with Crippen LogP contribution in [-0.4, -0.2) is 19.0 Å². The van der Waals surface area contributed by atoms with Crippen molar-refractivity contribution >= 4 is 21.5 Å². The third-order valence-electron chi connectivity index (χ3n) is 4.60. The molecule has 3 heteroatoms. The Kier molecular flexibility index (Phi) is 3.78. The third-order valence-corrected chi connectivity index (χ3v) is 5.82. The highest BCUT2D eigenvalue weighted by Gasteiger charge is 2.37. The minimum Gasteiger partial charge on any atom is -0.347 e. The number of hydrogen-bond donors (Lipinski definition) is 0. The molecule has 0 saturated carbocycles. The largest absolute Gasteiger partial charge is 0.347 e. The summed E-state index contributed by atoms with van der Waals surface area (Å²) in [6.45, 7) is 8.03. The Labute approximate surface area is 129 Å². The fourth-order valence-electron chi connectivity index (χ4n) is 3.20. The van der Waals surface area contributed by atoms with Gasteiger partial charge in [-0.1, -0.05) is 28.1 Å². The number of hydrogen-bond acceptors (Lipinski definition) is 2. The van der Waals surface area contributed by atoms with E-state index in [4.69, 9.17) is 9.47 Å². The van der Waals surface area contributed by atoms with Gasteiger partial charge < -0.3 is 9.47 Å². The monoisotopic (exact) mass is 336 g/mol. The molecule has 1 fully saturated rings. The molecule has 1 aromatic carbocycles. The van der Waals surface area contributed by atoms with Gasteiger partial charge in [-0.3, -0.25) is 0 Å². The Morgan fingerprint density at radius 2 is 1.80 bits per heavy atom. The zero-order chi connectivity index (χ0) is 14.3. The molecule has 0 N–H and O–H groups in total. The van der Waals surface area contributed by atoms with Gasteiger partial charge in [0, 0.05) is 17.3 Å². The van der Waals surface area contributed by atoms with Crippen molar-refractivity contribution in [3.63, 3.8) is 0 Å². The summed E-state index contributed by atoms with van der Waals surface area (Å²) < 4.78 is 12.8. The first-order valence-corrected chi connectivity index (χ1v) is 8.05. The Morgan fingerprint density at radius 3 is 2.40 bits per heavy atom. The summed E-state index contributed by atoms with van der Waals surface area (Å²) in [4.78, 5) is 0. The Bertz CT molecular complexity index is 569. The van der Waals surface area contributed by atoms with E-state index in [1.807, 2.05) is 0 Å². The van der Waals surface area contributed by atoms with Crippen LogP contribution in [0.2, 0.25) is 0 Å². The van der Waals surface area contributed by atoms with E-state index in [2.05, 4.69) is 48.8 Å². The predicted octanol–water partition coefficient (Wildman–Crippen LogP) is 4.68. The number of ether oxygens (including phenoxy) is 2. The number of allylic oxidation sites excluding steroid dienone is 1. The van der Waals surface area contributed by atoms with E-state index in [1.165, 1.54) is 32.3 Å². The molecule has 2 nitrogen and oxygen atoms in total. The molecule has 3 rings (SSSR count). The SMILES string of the molecule is Cc1cc(C2=CCC3(CC2)OCCO3)c(C)c(C)c1Br. The molecule has 1 aliphatic carbocycles. The molecule has 108 valence electrons. The number of aryl methyl sites for hydroxylation is 1. The average Bonchev–Trinajstić information content (AvgIpc) is 2.90. The van der Waals surface area contributed by atoms with Gasteiger partial charge in [0.1, 0.15) is 0 Å². The summed E-state index contributed by atoms with van der Waals surface area (Å²) >= 11 is 3.68. The molecule has 1 aliphatic heterocycles. The van der Waals surface area contributed by atoms with Gasteiger partial charge in [-0.15, -0.1) is 0 Å². The van der Waals surface area contributed by atoms with Crippen molar-refractivity contribution in [3.05, 3.63) is 38.9 Å². The molecule has 1 spiro atoms. The van der Waals surface area contributed by atoms with Gasteiger partial charge in [0.05, 0.1) is 13.2 Å². The first kappa shape index (κ1) is 14.3. The summed E-state index contributed by atoms with van der Waals surface area (Å²) in [5.74, 6) is -0.323. The maximum Gasteiger partial charge on any atom is 0.172 e. The Morgan fingerprint density at radius 1 is 1.10 bits per heavy atom. The molecular weight excluding hydrogens is 316 g/mol. The van der Waals surface area contributed by atoms with Crippen LogP contribution in [0.5, 0.6) is 0 Å². The minimum atomic E-state index is -0.323. The van der Waals surface area contributed by atoms with E-state index in [-0.39, 0.29) is 5.79 Å². The quantitative estimate of drug-likeness (QED) is 0.740. The van der Waals surface area contributed by atoms with Crippen LogP contribution in [0.15, 0.2) is 16.6 Å². The van der Waals surface area contributed by atoms with Crippen LogP contribution in [0.4, 0.5) is 0 Å². The van der Waals surface area contributed by atoms with Gasteiger partial charge in [-0.2, -0.15) is 0 Å². The third kappa shape index (κ3) is 2.36. The summed E-state index contributed by atoms with van der Waals surface area (Å²) in [5.41, 5.74) is 6.84. The molecule has 1 aromatic rings. The highest BCUT2D eigenvalue weighted by Crippen LogP contribution is 2.40. The lowest BCUT2D eigenvalue weighted by molar-refractivity contribution is -0.159. The standard InChI is InChI=1S/C17H21BrO2/c1-11-10-15(12(2)13(3)16(11)18)14-4-6-17(7-5-14)19-8-9-20-17/h4,10H,5-9H2,1-3H3. The molecule has 0 unspecified atom stereocenters. The second-order valence-electron chi connectivity index (χ2n) is 5.85. The molecule has 0 radical (unpaired) electrons. The van der Waals surface area contributed by atoms with E-state index >= 15 is 0 Å². The molecule has 2 aliphatic rings. The van der Waals surface area contributed by atoms with Crippen LogP contribution in [-0.2, 0) is 9.47 Å². The van der Waals surface area contributed by atoms with E-state index in [9.17, 15) is 0 Å². The van der Waals surface area contributed by atoms with Crippen molar-refractivity contribution < 1.29 is 9.47 Å². The topological polar surface area (TPSA) is 18.5 Å². The van der Waals surface area contributed by atoms with Gasteiger partial charge in [0.25, 0.3) is 0 Å². The highest BCUT2D eigenvalue weighted by molar-refractivity contribution is 9.10. The van der Waals surface area contributed by atoms with Gasteiger partial charge in [0.15, 0.2) is 5.79 Å². The molecule has 0 bridgehead atoms. The van der Waals surface area contributed by atoms with Crippen molar-refractivity contribution in [2.24, 2.45) is 0 Å². The number of benzene rings is 1. The average molecular weight is 337 g/mol. The van der Waals surface area contributed by atoms with Crippen LogP contribution < -0.4 is 0 Å². The van der Waals surface area contributed by atoms with Gasteiger partial charge >= 0.3 is 0 Å². The van der Waals surface area contributed by atoms with E-state index in [0.717, 1.165) is 32.5 Å². The van der Waals surface area contributed by atoms with Crippen LogP contribution in [0.25, 0.3) is 5.57 Å². The van der Waals surface area contributed by atoms with Gasteiger partial charge in [-0.05, 0) is 55.0 Å². The summed E-state index contributed by atoms with van der Waals surface area (Å²) in [6, 6.07) is 2.30. The summed E-state index contributed by atoms with van der Waals surface area (Å²) in [5, 5.41) is 0. The maximum absolute atomic E-state index is 5.79. The number of rotatable bonds is 1. The Balaban J connectivity index is 1.93. The number of halogens is 1. The van der Waals surface area contributed by atoms with E-state index in [1.54, 1.807) is 0 Å². The van der Waals surface area contributed by atoms with Crippen LogP contribution in [0.3, 0.4) is 0 Å². The predicted molar refractivity (Wildman–Crippen MR) is 84.8 cm³/mol. The van der Waals surface area contributed by atoms with Crippen LogP contribution in [0.1, 0.15) is 41.5 Å². The second kappa shape index (κ2) is 5.28. The lowest BCUT2D eigenvalue weighted by Crippen LogP contribution is -2.31. The van der Waals surface area contributed by atoms with Crippen molar-refractivity contribution in [1.29, 1.82) is 0 Å². The lowest BCUT2D eigenvalue weighted by Gasteiger charge is -2.31. The highest BCUT2D eigenvalue weighted by atomic mass is 79.9. The van der Waals surface area contributed by atoms with Gasteiger partial charge in [0.2, 0.25) is 0 Å². The van der Waals surface area contributed by atoms with Crippen molar-refractivity contribution in [1.82, 2.24) is 0 Å². The molecule has 0 aromatic heterocycles. The summed E-state index contributed by atoms with van der Waals surface area (Å²) in [6.07, 6.45) is 5.17. The Hall–Kier alpha value is -0.640. The molecule has 1 heterocycles. The maximum atomic E-state index is 5.79. The fraction of sp³-hybridized carbons (Fsp3) is 0.529. The minimum absolute atomic E-state index is 0.323. The van der Waals surface area contributed by atoms with Crippen LogP contribution in [0, 0.1) is 20.8 Å². The fourth-order valence-corrected chi connectivity index (χ4v) is 3.61. The first-order chi connectivity index (χ1) is 9.52. The van der Waals surface area contributed by atoms with E-state index in [0.29, 0.717) is 0 Å². The molecular formula is C17H21BrO2. The van der Waals surface area contributed by atoms with Crippen molar-refractivity contribution in [2.75, 3.05) is 13.2 Å². The second-order valence-corrected chi connectivity index (χ2v) is 6.64. The molecule has 0 atom stereocenters. The summed E-state index contributed by atoms with van der Waals surface area (Å²) in [7, 11) is 0. The molecule has 0 amide bonds. The first-order valence-electron chi connectivity index (χ1n) is 7.26. The normalized spacial score (nSPS) is 21.3. The molecule has 1 saturated heterocycles. The van der Waals surface area contributed by atoms with E-state index < -0.39 is 0 Å².